The minimum atomic E-state index is -0.908. The van der Waals surface area contributed by atoms with Gasteiger partial charge in [0.1, 0.15) is 0 Å². The van der Waals surface area contributed by atoms with E-state index in [-0.39, 0.29) is 5.97 Å². The van der Waals surface area contributed by atoms with Crippen molar-refractivity contribution in [3.63, 3.8) is 0 Å². The molecule has 0 spiro atoms. The van der Waals surface area contributed by atoms with Crippen LogP contribution in [0.25, 0.3) is 0 Å². The zero-order valence-corrected chi connectivity index (χ0v) is 15.3. The summed E-state index contributed by atoms with van der Waals surface area (Å²) >= 11 is 0. The summed E-state index contributed by atoms with van der Waals surface area (Å²) in [5.74, 6) is -0.140. The number of carbonyl (C=O) groups is 1. The summed E-state index contributed by atoms with van der Waals surface area (Å²) in [4.78, 5) is 10.9. The second-order valence-corrected chi connectivity index (χ2v) is 6.39. The fraction of sp³-hybridized carbons (Fsp3) is 0.842. The highest BCUT2D eigenvalue weighted by atomic mass is 16.5. The molecule has 0 aliphatic rings. The van der Waals surface area contributed by atoms with Crippen molar-refractivity contribution in [3.8, 4) is 0 Å². The van der Waals surface area contributed by atoms with E-state index in [0.29, 0.717) is 19.3 Å². The predicted molar refractivity (Wildman–Crippen MR) is 95.6 cm³/mol. The molecule has 0 heterocycles. The molecule has 0 radical (unpaired) electrons. The number of hydrogen-bond donors (Lipinski definition) is 3. The molecule has 3 atom stereocenters. The van der Waals surface area contributed by atoms with Crippen LogP contribution in [0.4, 0.5) is 0 Å². The summed E-state index contributed by atoms with van der Waals surface area (Å²) in [5.41, 5.74) is 0. The summed E-state index contributed by atoms with van der Waals surface area (Å²) in [6.45, 7) is 1.99. The van der Waals surface area contributed by atoms with Crippen LogP contribution in [0.1, 0.15) is 77.6 Å². The van der Waals surface area contributed by atoms with Crippen LogP contribution in [0.3, 0.4) is 0 Å². The first-order valence-electron chi connectivity index (χ1n) is 9.30. The summed E-state index contributed by atoms with van der Waals surface area (Å²) in [7, 11) is 1.41. The fourth-order valence-electron chi connectivity index (χ4n) is 2.54. The number of aliphatic hydroxyl groups is 3. The molecule has 5 nitrogen and oxygen atoms in total. The lowest BCUT2D eigenvalue weighted by atomic mass is 10.0. The van der Waals surface area contributed by atoms with Gasteiger partial charge in [0.2, 0.25) is 0 Å². The Hall–Kier alpha value is -0.910. The van der Waals surface area contributed by atoms with Crippen LogP contribution in [-0.4, -0.2) is 46.7 Å². The van der Waals surface area contributed by atoms with Gasteiger partial charge in [0, 0.05) is 6.42 Å². The van der Waals surface area contributed by atoms with Gasteiger partial charge in [-0.1, -0.05) is 64.0 Å². The van der Waals surface area contributed by atoms with Gasteiger partial charge in [-0.15, -0.1) is 0 Å². The van der Waals surface area contributed by atoms with Gasteiger partial charge >= 0.3 is 5.97 Å². The molecule has 142 valence electrons. The average Bonchev–Trinajstić information content (AvgIpc) is 2.57. The standard InChI is InChI=1S/C19H36O5/c1-3-11-16(20)14-15-18(22)17(21)12-9-7-5-4-6-8-10-13-19(23)24-2/h14-18,20-22H,3-13H2,1-2H3/b15-14+/t16-,17-,18+/m1/s1. The number of methoxy groups -OCH3 is 1. The fourth-order valence-corrected chi connectivity index (χ4v) is 2.54. The second kappa shape index (κ2) is 15.6. The van der Waals surface area contributed by atoms with E-state index >= 15 is 0 Å². The zero-order chi connectivity index (χ0) is 18.2. The quantitative estimate of drug-likeness (QED) is 0.241. The molecule has 0 aromatic rings. The van der Waals surface area contributed by atoms with Crippen LogP contribution in [0, 0.1) is 0 Å². The van der Waals surface area contributed by atoms with Gasteiger partial charge in [0.25, 0.3) is 0 Å². The number of carbonyl (C=O) groups excluding carboxylic acids is 1. The number of hydrogen-bond acceptors (Lipinski definition) is 5. The van der Waals surface area contributed by atoms with E-state index in [1.165, 1.54) is 13.2 Å². The second-order valence-electron chi connectivity index (χ2n) is 6.39. The molecule has 0 saturated heterocycles. The third-order valence-corrected chi connectivity index (χ3v) is 4.12. The highest BCUT2D eigenvalue weighted by Crippen LogP contribution is 2.13. The van der Waals surface area contributed by atoms with Crippen LogP contribution in [0.5, 0.6) is 0 Å². The van der Waals surface area contributed by atoms with E-state index < -0.39 is 18.3 Å². The number of rotatable bonds is 15. The van der Waals surface area contributed by atoms with Crippen molar-refractivity contribution in [1.82, 2.24) is 0 Å². The van der Waals surface area contributed by atoms with Crippen molar-refractivity contribution in [2.24, 2.45) is 0 Å². The lowest BCUT2D eigenvalue weighted by molar-refractivity contribution is -0.140. The Kier molecular flexibility index (Phi) is 15.0. The number of ether oxygens (including phenoxy) is 1. The van der Waals surface area contributed by atoms with Crippen LogP contribution >= 0.6 is 0 Å². The van der Waals surface area contributed by atoms with Crippen molar-refractivity contribution in [3.05, 3.63) is 12.2 Å². The van der Waals surface area contributed by atoms with E-state index in [4.69, 9.17) is 0 Å². The average molecular weight is 344 g/mol. The maximum Gasteiger partial charge on any atom is 0.305 e. The highest BCUT2D eigenvalue weighted by Gasteiger charge is 2.13. The van der Waals surface area contributed by atoms with Crippen LogP contribution in [-0.2, 0) is 9.53 Å². The number of aliphatic hydroxyl groups excluding tert-OH is 3. The molecule has 0 unspecified atom stereocenters. The summed E-state index contributed by atoms with van der Waals surface area (Å²) in [6, 6.07) is 0. The van der Waals surface area contributed by atoms with Crippen LogP contribution in [0.15, 0.2) is 12.2 Å². The molecule has 0 aromatic heterocycles. The molecular formula is C19H36O5. The van der Waals surface area contributed by atoms with E-state index in [1.54, 1.807) is 6.08 Å². The molecule has 0 aliphatic carbocycles. The molecule has 5 heteroatoms. The van der Waals surface area contributed by atoms with E-state index in [1.807, 2.05) is 6.92 Å². The molecule has 0 saturated carbocycles. The maximum atomic E-state index is 10.9. The van der Waals surface area contributed by atoms with Gasteiger partial charge < -0.3 is 20.1 Å². The minimum absolute atomic E-state index is 0.140. The Morgan fingerprint density at radius 1 is 0.917 bits per heavy atom. The Bertz CT molecular complexity index is 330. The maximum absolute atomic E-state index is 10.9. The Morgan fingerprint density at radius 3 is 2.08 bits per heavy atom. The summed E-state index contributed by atoms with van der Waals surface area (Å²) < 4.78 is 4.59. The first-order chi connectivity index (χ1) is 11.5. The van der Waals surface area contributed by atoms with E-state index in [0.717, 1.165) is 51.4 Å². The molecule has 0 bridgehead atoms. The molecule has 24 heavy (non-hydrogen) atoms. The van der Waals surface area contributed by atoms with Gasteiger partial charge in [-0.3, -0.25) is 4.79 Å². The topological polar surface area (TPSA) is 87.0 Å². The zero-order valence-electron chi connectivity index (χ0n) is 15.3. The Balaban J connectivity index is 3.54. The van der Waals surface area contributed by atoms with Gasteiger partial charge in [-0.25, -0.2) is 0 Å². The number of esters is 1. The normalized spacial score (nSPS) is 15.4. The van der Waals surface area contributed by atoms with Crippen LogP contribution < -0.4 is 0 Å². The van der Waals surface area contributed by atoms with E-state index in [9.17, 15) is 20.1 Å². The molecule has 0 aromatic carbocycles. The number of unbranched alkanes of at least 4 members (excludes halogenated alkanes) is 6. The lowest BCUT2D eigenvalue weighted by Crippen LogP contribution is -2.24. The van der Waals surface area contributed by atoms with E-state index in [2.05, 4.69) is 4.74 Å². The molecule has 0 aliphatic heterocycles. The van der Waals surface area contributed by atoms with Crippen molar-refractivity contribution < 1.29 is 24.9 Å². The lowest BCUT2D eigenvalue weighted by Gasteiger charge is -2.15. The summed E-state index contributed by atoms with van der Waals surface area (Å²) in [6.07, 6.45) is 10.6. The van der Waals surface area contributed by atoms with Gasteiger partial charge in [0.15, 0.2) is 0 Å². The first-order valence-corrected chi connectivity index (χ1v) is 9.30. The highest BCUT2D eigenvalue weighted by molar-refractivity contribution is 5.68. The molecule has 0 fully saturated rings. The van der Waals surface area contributed by atoms with Gasteiger partial charge in [-0.05, 0) is 19.3 Å². The minimum Gasteiger partial charge on any atom is -0.469 e. The van der Waals surface area contributed by atoms with Gasteiger partial charge in [0.05, 0.1) is 25.4 Å². The van der Waals surface area contributed by atoms with Gasteiger partial charge in [-0.2, -0.15) is 0 Å². The van der Waals surface area contributed by atoms with Crippen molar-refractivity contribution in [1.29, 1.82) is 0 Å². The molecular weight excluding hydrogens is 308 g/mol. The predicted octanol–water partition coefficient (Wildman–Crippen LogP) is 3.11. The smallest absolute Gasteiger partial charge is 0.305 e. The summed E-state index contributed by atoms with van der Waals surface area (Å²) in [5, 5.41) is 29.2. The molecule has 0 rings (SSSR count). The Labute approximate surface area is 146 Å². The third-order valence-electron chi connectivity index (χ3n) is 4.12. The molecule has 3 N–H and O–H groups in total. The van der Waals surface area contributed by atoms with Crippen molar-refractivity contribution in [2.75, 3.05) is 7.11 Å². The third kappa shape index (κ3) is 13.5. The van der Waals surface area contributed by atoms with Crippen molar-refractivity contribution >= 4 is 5.97 Å². The van der Waals surface area contributed by atoms with Crippen LogP contribution in [0.2, 0.25) is 0 Å². The largest absolute Gasteiger partial charge is 0.469 e. The monoisotopic (exact) mass is 344 g/mol. The SMILES string of the molecule is CCC[C@@H](O)/C=C/[C@H](O)[C@H](O)CCCCCCCCCC(=O)OC. The van der Waals surface area contributed by atoms with Crippen molar-refractivity contribution in [2.45, 2.75) is 95.9 Å². The first kappa shape index (κ1) is 23.1. The molecule has 0 amide bonds. The Morgan fingerprint density at radius 2 is 1.50 bits per heavy atom.